The van der Waals surface area contributed by atoms with Crippen molar-refractivity contribution in [2.24, 2.45) is 5.73 Å². The number of halogens is 4. The Labute approximate surface area is 112 Å². The van der Waals surface area contributed by atoms with Crippen LogP contribution in [0, 0.1) is 0 Å². The van der Waals surface area contributed by atoms with Crippen molar-refractivity contribution in [3.63, 3.8) is 0 Å². The molecular formula is C12H15BrF3NO. The van der Waals surface area contributed by atoms with Gasteiger partial charge in [-0.15, -0.1) is 0 Å². The Morgan fingerprint density at radius 2 is 2.06 bits per heavy atom. The van der Waals surface area contributed by atoms with Gasteiger partial charge in [-0.25, -0.2) is 0 Å². The lowest BCUT2D eigenvalue weighted by Crippen LogP contribution is -2.13. The number of benzene rings is 1. The Morgan fingerprint density at radius 1 is 1.39 bits per heavy atom. The van der Waals surface area contributed by atoms with Gasteiger partial charge >= 0.3 is 6.18 Å². The Hall–Kier alpha value is -0.750. The molecule has 0 spiro atoms. The normalized spacial score (nSPS) is 13.4. The maximum atomic E-state index is 12.0. The molecule has 1 aromatic carbocycles. The predicted molar refractivity (Wildman–Crippen MR) is 67.5 cm³/mol. The van der Waals surface area contributed by atoms with Crippen molar-refractivity contribution >= 4 is 15.9 Å². The van der Waals surface area contributed by atoms with Crippen molar-refractivity contribution in [1.82, 2.24) is 0 Å². The summed E-state index contributed by atoms with van der Waals surface area (Å²) in [6.07, 6.45) is -4.62. The highest BCUT2D eigenvalue weighted by Crippen LogP contribution is 2.30. The summed E-state index contributed by atoms with van der Waals surface area (Å²) >= 11 is 3.33. The molecule has 0 aliphatic carbocycles. The Morgan fingerprint density at radius 3 is 2.61 bits per heavy atom. The molecule has 1 rings (SSSR count). The van der Waals surface area contributed by atoms with E-state index in [2.05, 4.69) is 15.9 Å². The molecule has 18 heavy (non-hydrogen) atoms. The van der Waals surface area contributed by atoms with Crippen molar-refractivity contribution < 1.29 is 17.9 Å². The second kappa shape index (κ2) is 6.43. The molecular weight excluding hydrogens is 311 g/mol. The third kappa shape index (κ3) is 4.86. The maximum Gasteiger partial charge on any atom is 0.389 e. The van der Waals surface area contributed by atoms with Crippen LogP contribution < -0.4 is 10.5 Å². The summed E-state index contributed by atoms with van der Waals surface area (Å²) in [6, 6.07) is 4.84. The fraction of sp³-hybridized carbons (Fsp3) is 0.500. The lowest BCUT2D eigenvalue weighted by atomic mass is 10.0. The standard InChI is InChI=1S/C12H15BrF3NO/c1-18-8-4-5-10(13)9(7-8)11(17)3-2-6-12(14,15)16/h4-5,7,11H,2-3,6,17H2,1H3. The molecule has 0 saturated heterocycles. The Balaban J connectivity index is 2.63. The first kappa shape index (κ1) is 15.3. The average Bonchev–Trinajstić information content (AvgIpc) is 2.27. The first-order valence-corrected chi connectivity index (χ1v) is 6.28. The molecule has 0 aliphatic rings. The molecule has 0 aromatic heterocycles. The van der Waals surface area contributed by atoms with Gasteiger partial charge in [0.05, 0.1) is 7.11 Å². The van der Waals surface area contributed by atoms with Gasteiger partial charge in [-0.3, -0.25) is 0 Å². The van der Waals surface area contributed by atoms with E-state index in [-0.39, 0.29) is 12.8 Å². The SMILES string of the molecule is COc1ccc(Br)c(C(N)CCCC(F)(F)F)c1. The lowest BCUT2D eigenvalue weighted by Gasteiger charge is -2.15. The summed E-state index contributed by atoms with van der Waals surface area (Å²) in [4.78, 5) is 0. The van der Waals surface area contributed by atoms with Crippen LogP contribution in [0.15, 0.2) is 22.7 Å². The minimum Gasteiger partial charge on any atom is -0.497 e. The molecule has 0 aliphatic heterocycles. The summed E-state index contributed by atoms with van der Waals surface area (Å²) in [7, 11) is 1.53. The van der Waals surface area contributed by atoms with Gasteiger partial charge in [0.2, 0.25) is 0 Å². The lowest BCUT2D eigenvalue weighted by molar-refractivity contribution is -0.135. The van der Waals surface area contributed by atoms with Crippen LogP contribution in [0.2, 0.25) is 0 Å². The van der Waals surface area contributed by atoms with Gasteiger partial charge in [0, 0.05) is 16.9 Å². The van der Waals surface area contributed by atoms with E-state index < -0.39 is 18.6 Å². The number of rotatable bonds is 5. The zero-order valence-electron chi connectivity index (χ0n) is 9.93. The summed E-state index contributed by atoms with van der Waals surface area (Å²) in [5.74, 6) is 0.638. The zero-order chi connectivity index (χ0) is 13.8. The van der Waals surface area contributed by atoms with Gasteiger partial charge in [-0.2, -0.15) is 13.2 Å². The fourth-order valence-corrected chi connectivity index (χ4v) is 2.15. The van der Waals surface area contributed by atoms with E-state index in [9.17, 15) is 13.2 Å². The minimum atomic E-state index is -4.12. The summed E-state index contributed by atoms with van der Waals surface area (Å²) < 4.78 is 42.0. The molecule has 1 unspecified atom stereocenters. The van der Waals surface area contributed by atoms with E-state index in [0.29, 0.717) is 5.75 Å². The van der Waals surface area contributed by atoms with Crippen LogP contribution >= 0.6 is 15.9 Å². The first-order chi connectivity index (χ1) is 8.33. The van der Waals surface area contributed by atoms with Crippen molar-refractivity contribution in [2.75, 3.05) is 7.11 Å². The molecule has 2 N–H and O–H groups in total. The molecule has 2 nitrogen and oxygen atoms in total. The average molecular weight is 326 g/mol. The highest BCUT2D eigenvalue weighted by Gasteiger charge is 2.26. The van der Waals surface area contributed by atoms with Crippen molar-refractivity contribution in [1.29, 1.82) is 0 Å². The minimum absolute atomic E-state index is 0.0221. The van der Waals surface area contributed by atoms with Crippen molar-refractivity contribution in [3.05, 3.63) is 28.2 Å². The van der Waals surface area contributed by atoms with Crippen LogP contribution in [0.4, 0.5) is 13.2 Å². The molecule has 0 saturated carbocycles. The zero-order valence-corrected chi connectivity index (χ0v) is 11.5. The number of nitrogens with two attached hydrogens (primary N) is 1. The molecule has 0 heterocycles. The monoisotopic (exact) mass is 325 g/mol. The number of alkyl halides is 3. The number of hydrogen-bond donors (Lipinski definition) is 1. The van der Waals surface area contributed by atoms with Gasteiger partial charge in [-0.1, -0.05) is 15.9 Å². The van der Waals surface area contributed by atoms with Gasteiger partial charge < -0.3 is 10.5 Å². The molecule has 0 radical (unpaired) electrons. The van der Waals surface area contributed by atoms with Gasteiger partial charge in [0.1, 0.15) is 5.75 Å². The molecule has 0 amide bonds. The van der Waals surface area contributed by atoms with Crippen molar-refractivity contribution in [2.45, 2.75) is 31.5 Å². The van der Waals surface area contributed by atoms with Crippen molar-refractivity contribution in [3.8, 4) is 5.75 Å². The Kier molecular flexibility index (Phi) is 5.47. The maximum absolute atomic E-state index is 12.0. The van der Waals surface area contributed by atoms with Crippen LogP contribution in [-0.4, -0.2) is 13.3 Å². The fourth-order valence-electron chi connectivity index (χ4n) is 1.61. The number of methoxy groups -OCH3 is 1. The highest BCUT2D eigenvalue weighted by molar-refractivity contribution is 9.10. The number of ether oxygens (including phenoxy) is 1. The Bertz CT molecular complexity index is 395. The van der Waals surface area contributed by atoms with E-state index in [1.165, 1.54) is 7.11 Å². The molecule has 0 fully saturated rings. The molecule has 1 aromatic rings. The molecule has 102 valence electrons. The van der Waals surface area contributed by atoms with E-state index in [1.807, 2.05) is 0 Å². The second-order valence-corrected chi connectivity index (χ2v) is 4.86. The highest BCUT2D eigenvalue weighted by atomic mass is 79.9. The first-order valence-electron chi connectivity index (χ1n) is 5.49. The van der Waals surface area contributed by atoms with E-state index in [1.54, 1.807) is 18.2 Å². The molecule has 6 heteroatoms. The van der Waals surface area contributed by atoms with Crippen LogP contribution in [0.3, 0.4) is 0 Å². The van der Waals surface area contributed by atoms with Crippen LogP contribution in [0.5, 0.6) is 5.75 Å². The van der Waals surface area contributed by atoms with Gasteiger partial charge in [-0.05, 0) is 36.6 Å². The number of hydrogen-bond acceptors (Lipinski definition) is 2. The third-order valence-corrected chi connectivity index (χ3v) is 3.30. The van der Waals surface area contributed by atoms with Crippen LogP contribution in [-0.2, 0) is 0 Å². The van der Waals surface area contributed by atoms with E-state index in [4.69, 9.17) is 10.5 Å². The topological polar surface area (TPSA) is 35.2 Å². The largest absolute Gasteiger partial charge is 0.497 e. The third-order valence-electron chi connectivity index (χ3n) is 2.58. The smallest absolute Gasteiger partial charge is 0.389 e. The molecule has 1 atom stereocenters. The van der Waals surface area contributed by atoms with E-state index >= 15 is 0 Å². The second-order valence-electron chi connectivity index (χ2n) is 4.00. The van der Waals surface area contributed by atoms with Crippen LogP contribution in [0.1, 0.15) is 30.9 Å². The quantitative estimate of drug-likeness (QED) is 0.880. The van der Waals surface area contributed by atoms with Crippen LogP contribution in [0.25, 0.3) is 0 Å². The van der Waals surface area contributed by atoms with E-state index in [0.717, 1.165) is 10.0 Å². The summed E-state index contributed by atoms with van der Waals surface area (Å²) in [5, 5.41) is 0. The summed E-state index contributed by atoms with van der Waals surface area (Å²) in [6.45, 7) is 0. The van der Waals surface area contributed by atoms with Gasteiger partial charge in [0.25, 0.3) is 0 Å². The molecule has 0 bridgehead atoms. The van der Waals surface area contributed by atoms with Gasteiger partial charge in [0.15, 0.2) is 0 Å². The summed E-state index contributed by atoms with van der Waals surface area (Å²) in [5.41, 5.74) is 6.66. The predicted octanol–water partition coefficient (Wildman–Crippen LogP) is 4.19.